The van der Waals surface area contributed by atoms with Crippen LogP contribution in [0.3, 0.4) is 0 Å². The van der Waals surface area contributed by atoms with Crippen molar-refractivity contribution in [3.05, 3.63) is 0 Å². The summed E-state index contributed by atoms with van der Waals surface area (Å²) in [5, 5.41) is 0. The molecule has 0 aromatic heterocycles. The van der Waals surface area contributed by atoms with Gasteiger partial charge in [0.2, 0.25) is 0 Å². The van der Waals surface area contributed by atoms with Crippen LogP contribution in [0.2, 0.25) is 18.1 Å². The summed E-state index contributed by atoms with van der Waals surface area (Å²) in [4.78, 5) is 0. The second-order valence-corrected chi connectivity index (χ2v) is 6.27. The molecule has 0 unspecified atom stereocenters. The quantitative estimate of drug-likeness (QED) is 0.455. The van der Waals surface area contributed by atoms with Gasteiger partial charge in [0.15, 0.2) is 0 Å². The second kappa shape index (κ2) is 29.2. The Labute approximate surface area is 118 Å². The topological polar surface area (TPSA) is 0 Å². The Kier molecular flexibility index (Phi) is 89.9. The van der Waals surface area contributed by atoms with E-state index in [2.05, 4.69) is 20.8 Å². The minimum Gasteiger partial charge on any atom is -1.00 e. The van der Waals surface area contributed by atoms with Crippen molar-refractivity contribution in [2.75, 3.05) is 0 Å². The van der Waals surface area contributed by atoms with Crippen molar-refractivity contribution in [1.82, 2.24) is 0 Å². The van der Waals surface area contributed by atoms with Crippen LogP contribution in [0.15, 0.2) is 0 Å². The van der Waals surface area contributed by atoms with Gasteiger partial charge in [0.25, 0.3) is 0 Å². The van der Waals surface area contributed by atoms with Gasteiger partial charge in [0.1, 0.15) is 0 Å². The van der Waals surface area contributed by atoms with Gasteiger partial charge in [-0.1, -0.05) is 38.9 Å². The molecule has 0 saturated carbocycles. The van der Waals surface area contributed by atoms with Gasteiger partial charge in [-0.3, -0.25) is 0 Å². The maximum Gasteiger partial charge on any atom is 4.00 e. The normalized spacial score (nSPS) is 6.00. The molecule has 0 heterocycles. The maximum absolute atomic E-state index is 2.32. The first-order chi connectivity index (χ1) is 3.35. The van der Waals surface area contributed by atoms with E-state index in [1.807, 2.05) is 0 Å². The van der Waals surface area contributed by atoms with Gasteiger partial charge in [-0.2, -0.15) is 0 Å². The van der Waals surface area contributed by atoms with Crippen molar-refractivity contribution in [2.24, 2.45) is 0 Å². The average molecular weight is 306 g/mol. The largest absolute Gasteiger partial charge is 4.00 e. The molecule has 0 fully saturated rings. The molecule has 76 valence electrons. The Balaban J connectivity index is -0.0000000180. The fourth-order valence-corrected chi connectivity index (χ4v) is 2.60. The molecule has 12 heavy (non-hydrogen) atoms. The summed E-state index contributed by atoms with van der Waals surface area (Å²) in [6, 6.07) is 4.48. The predicted molar refractivity (Wildman–Crippen MR) is 38.6 cm³/mol. The third-order valence-electron chi connectivity index (χ3n) is 1.73. The van der Waals surface area contributed by atoms with E-state index in [0.29, 0.717) is 0 Å². The van der Waals surface area contributed by atoms with E-state index in [-0.39, 0.29) is 80.1 Å². The van der Waals surface area contributed by atoms with Gasteiger partial charge in [-0.05, 0) is 0 Å². The van der Waals surface area contributed by atoms with Crippen molar-refractivity contribution < 1.29 is 71.3 Å². The molecular weight excluding hydrogens is 290 g/mol. The maximum atomic E-state index is 2.32. The molecule has 0 nitrogen and oxygen atoms in total. The van der Waals surface area contributed by atoms with Gasteiger partial charge in [-0.15, -0.1) is 0 Å². The monoisotopic (exact) mass is 304 g/mol. The van der Waals surface area contributed by atoms with Crippen molar-refractivity contribution in [2.45, 2.75) is 38.9 Å². The van der Waals surface area contributed by atoms with Gasteiger partial charge in [0, 0.05) is 8.80 Å². The van der Waals surface area contributed by atoms with Crippen LogP contribution in [0, 0.1) is 0 Å². The number of halogens is 4. The van der Waals surface area contributed by atoms with E-state index < -0.39 is 0 Å². The van der Waals surface area contributed by atoms with Gasteiger partial charge in [0.05, 0.1) is 0 Å². The smallest absolute Gasteiger partial charge is 1.00 e. The molecule has 0 bridgehead atoms. The zero-order valence-corrected chi connectivity index (χ0v) is 13.5. The Morgan fingerprint density at radius 3 is 0.833 bits per heavy atom. The van der Waals surface area contributed by atoms with E-state index in [9.17, 15) is 0 Å². The van der Waals surface area contributed by atoms with Gasteiger partial charge in [-0.25, -0.2) is 0 Å². The van der Waals surface area contributed by atoms with Crippen LogP contribution in [0.25, 0.3) is 0 Å². The van der Waals surface area contributed by atoms with Crippen LogP contribution in [0.1, 0.15) is 20.8 Å². The van der Waals surface area contributed by atoms with Gasteiger partial charge >= 0.3 is 21.7 Å². The van der Waals surface area contributed by atoms with Crippen molar-refractivity contribution >= 4 is 8.80 Å². The number of hydrogen-bond donors (Lipinski definition) is 0. The van der Waals surface area contributed by atoms with Crippen molar-refractivity contribution in [3.8, 4) is 0 Å². The van der Waals surface area contributed by atoms with Crippen LogP contribution in [0.4, 0.5) is 0 Å². The van der Waals surface area contributed by atoms with Crippen LogP contribution in [0.5, 0.6) is 0 Å². The zero-order chi connectivity index (χ0) is 5.70. The van der Waals surface area contributed by atoms with E-state index in [4.69, 9.17) is 0 Å². The van der Waals surface area contributed by atoms with Crippen LogP contribution >= 0.6 is 0 Å². The molecular formula is C6H16Cl4SiTi. The molecule has 0 radical (unpaired) electrons. The summed E-state index contributed by atoms with van der Waals surface area (Å²) in [5.41, 5.74) is 0. The molecule has 0 aromatic rings. The summed E-state index contributed by atoms with van der Waals surface area (Å²) >= 11 is 0. The Bertz CT molecular complexity index is 41.0. The predicted octanol–water partition coefficient (Wildman–Crippen LogP) is -9.71. The summed E-state index contributed by atoms with van der Waals surface area (Å²) in [6.07, 6.45) is 0. The third-order valence-corrected chi connectivity index (χ3v) is 5.20. The van der Waals surface area contributed by atoms with E-state index in [1.54, 1.807) is 0 Å². The second-order valence-electron chi connectivity index (χ2n) is 2.09. The first-order valence-corrected chi connectivity index (χ1v) is 5.80. The molecule has 0 rings (SSSR count). The Hall–Kier alpha value is 2.09. The minimum atomic E-state index is -0.171. The van der Waals surface area contributed by atoms with E-state index in [1.165, 1.54) is 18.1 Å². The Morgan fingerprint density at radius 1 is 0.667 bits per heavy atom. The zero-order valence-electron chi connectivity index (χ0n) is 7.71. The standard InChI is InChI=1S/C6H16Si.4ClH.Ti/c1-4-7(5-2)6-3;;;;;/h7H,4-6H2,1-3H3;4*1H;/q;;;;;+4/p-4. The number of hydrogen-bond acceptors (Lipinski definition) is 0. The van der Waals surface area contributed by atoms with Crippen LogP contribution < -0.4 is 49.6 Å². The van der Waals surface area contributed by atoms with Crippen LogP contribution in [-0.2, 0) is 21.7 Å². The third kappa shape index (κ3) is 22.7. The SMILES string of the molecule is CC[SiH](CC)CC.[Cl-].[Cl-].[Cl-].[Cl-].[Ti+4]. The van der Waals surface area contributed by atoms with Crippen molar-refractivity contribution in [1.29, 1.82) is 0 Å². The molecule has 6 heteroatoms. The molecule has 0 saturated heterocycles. The molecule has 0 N–H and O–H groups in total. The summed E-state index contributed by atoms with van der Waals surface area (Å²) in [5.74, 6) is 0. The molecule has 0 aliphatic rings. The Morgan fingerprint density at radius 2 is 0.833 bits per heavy atom. The fourth-order valence-electron chi connectivity index (χ4n) is 0.866. The molecule has 0 aromatic carbocycles. The first-order valence-electron chi connectivity index (χ1n) is 3.35. The molecule has 0 amide bonds. The average Bonchev–Trinajstić information content (AvgIpc) is 1.72. The molecule has 0 atom stereocenters. The molecule has 0 aliphatic heterocycles. The van der Waals surface area contributed by atoms with E-state index in [0.717, 1.165) is 0 Å². The van der Waals surface area contributed by atoms with Gasteiger partial charge < -0.3 is 49.6 Å². The summed E-state index contributed by atoms with van der Waals surface area (Å²) in [6.45, 7) is 6.97. The minimum absolute atomic E-state index is 0. The van der Waals surface area contributed by atoms with Crippen LogP contribution in [-0.4, -0.2) is 8.80 Å². The number of rotatable bonds is 3. The molecule has 0 aliphatic carbocycles. The first kappa shape index (κ1) is 36.9. The summed E-state index contributed by atoms with van der Waals surface area (Å²) in [7, 11) is -0.171. The summed E-state index contributed by atoms with van der Waals surface area (Å²) < 4.78 is 0. The van der Waals surface area contributed by atoms with Crippen molar-refractivity contribution in [3.63, 3.8) is 0 Å². The van der Waals surface area contributed by atoms with E-state index >= 15 is 0 Å². The molecule has 0 spiro atoms. The fraction of sp³-hybridized carbons (Fsp3) is 1.00.